The summed E-state index contributed by atoms with van der Waals surface area (Å²) in [4.78, 5) is 0. The van der Waals surface area contributed by atoms with E-state index in [0.29, 0.717) is 12.0 Å². The molecule has 1 atom stereocenters. The summed E-state index contributed by atoms with van der Waals surface area (Å²) in [5, 5.41) is -0.0219. The third-order valence-electron chi connectivity index (χ3n) is 2.44. The Morgan fingerprint density at radius 3 is 2.07 bits per heavy atom. The average molecular weight is 233 g/mol. The van der Waals surface area contributed by atoms with Gasteiger partial charge in [0, 0.05) is 11.4 Å². The molecular weight excluding hydrogens is 218 g/mol. The Balaban J connectivity index is 3.03. The normalized spacial score (nSPS) is 14.0. The van der Waals surface area contributed by atoms with E-state index < -0.39 is 11.6 Å². The van der Waals surface area contributed by atoms with Crippen LogP contribution < -0.4 is 0 Å². The molecule has 0 aromatic heterocycles. The van der Waals surface area contributed by atoms with Crippen molar-refractivity contribution in [2.45, 2.75) is 38.0 Å². The SMILES string of the molecule is CC(Cl)CC(C)(C)c1cc(F)cc(F)c1. The number of hydrogen-bond donors (Lipinski definition) is 0. The zero-order valence-electron chi connectivity index (χ0n) is 9.15. The lowest BCUT2D eigenvalue weighted by Crippen LogP contribution is -2.21. The number of hydrogen-bond acceptors (Lipinski definition) is 0. The molecule has 0 nitrogen and oxygen atoms in total. The molecule has 0 radical (unpaired) electrons. The van der Waals surface area contributed by atoms with Gasteiger partial charge in [0.1, 0.15) is 11.6 Å². The largest absolute Gasteiger partial charge is 0.207 e. The van der Waals surface area contributed by atoms with Gasteiger partial charge in [-0.2, -0.15) is 0 Å². The predicted molar refractivity (Wildman–Crippen MR) is 59.3 cm³/mol. The van der Waals surface area contributed by atoms with Crippen LogP contribution in [0.1, 0.15) is 32.8 Å². The Kier molecular flexibility index (Phi) is 3.72. The molecule has 0 aliphatic rings. The van der Waals surface area contributed by atoms with E-state index in [1.165, 1.54) is 12.1 Å². The summed E-state index contributed by atoms with van der Waals surface area (Å²) in [6.45, 7) is 5.74. The Morgan fingerprint density at radius 2 is 1.67 bits per heavy atom. The molecule has 0 N–H and O–H groups in total. The van der Waals surface area contributed by atoms with Crippen molar-refractivity contribution in [3.05, 3.63) is 35.4 Å². The van der Waals surface area contributed by atoms with Crippen molar-refractivity contribution in [1.82, 2.24) is 0 Å². The number of alkyl halides is 1. The van der Waals surface area contributed by atoms with Gasteiger partial charge in [-0.3, -0.25) is 0 Å². The summed E-state index contributed by atoms with van der Waals surface area (Å²) >= 11 is 5.90. The fourth-order valence-electron chi connectivity index (χ4n) is 1.77. The molecule has 0 bridgehead atoms. The van der Waals surface area contributed by atoms with Crippen LogP contribution in [0, 0.1) is 11.6 Å². The van der Waals surface area contributed by atoms with Crippen LogP contribution in [-0.4, -0.2) is 5.38 Å². The van der Waals surface area contributed by atoms with E-state index in [-0.39, 0.29) is 10.8 Å². The Hall–Kier alpha value is -0.630. The van der Waals surface area contributed by atoms with Gasteiger partial charge in [0.15, 0.2) is 0 Å². The van der Waals surface area contributed by atoms with Crippen molar-refractivity contribution in [3.8, 4) is 0 Å². The van der Waals surface area contributed by atoms with Gasteiger partial charge in [0.2, 0.25) is 0 Å². The van der Waals surface area contributed by atoms with E-state index in [2.05, 4.69) is 0 Å². The zero-order valence-corrected chi connectivity index (χ0v) is 9.91. The lowest BCUT2D eigenvalue weighted by molar-refractivity contribution is 0.466. The highest BCUT2D eigenvalue weighted by molar-refractivity contribution is 6.20. The lowest BCUT2D eigenvalue weighted by Gasteiger charge is -2.26. The smallest absolute Gasteiger partial charge is 0.126 e. The molecular formula is C12H15ClF2. The molecule has 1 aromatic carbocycles. The van der Waals surface area contributed by atoms with Gasteiger partial charge in [-0.15, -0.1) is 11.6 Å². The van der Waals surface area contributed by atoms with Gasteiger partial charge in [0.05, 0.1) is 0 Å². The molecule has 0 saturated heterocycles. The third kappa shape index (κ3) is 3.45. The van der Waals surface area contributed by atoms with E-state index in [0.717, 1.165) is 6.07 Å². The first-order chi connectivity index (χ1) is 6.81. The lowest BCUT2D eigenvalue weighted by atomic mass is 9.80. The topological polar surface area (TPSA) is 0 Å². The van der Waals surface area contributed by atoms with Crippen LogP contribution >= 0.6 is 11.6 Å². The van der Waals surface area contributed by atoms with Crippen molar-refractivity contribution in [1.29, 1.82) is 0 Å². The fourth-order valence-corrected chi connectivity index (χ4v) is 2.15. The summed E-state index contributed by atoms with van der Waals surface area (Å²) < 4.78 is 26.0. The van der Waals surface area contributed by atoms with Gasteiger partial charge in [-0.1, -0.05) is 13.8 Å². The monoisotopic (exact) mass is 232 g/mol. The van der Waals surface area contributed by atoms with Crippen molar-refractivity contribution < 1.29 is 8.78 Å². The summed E-state index contributed by atoms with van der Waals surface area (Å²) in [6, 6.07) is 3.61. The average Bonchev–Trinajstić information content (AvgIpc) is 1.99. The molecule has 1 aromatic rings. The second-order valence-electron chi connectivity index (χ2n) is 4.53. The van der Waals surface area contributed by atoms with E-state index in [9.17, 15) is 8.78 Å². The van der Waals surface area contributed by atoms with Gasteiger partial charge in [0.25, 0.3) is 0 Å². The number of halogens is 3. The maximum absolute atomic E-state index is 13.0. The van der Waals surface area contributed by atoms with Crippen molar-refractivity contribution in [3.63, 3.8) is 0 Å². The fraction of sp³-hybridized carbons (Fsp3) is 0.500. The maximum Gasteiger partial charge on any atom is 0.126 e. The minimum absolute atomic E-state index is 0.0219. The predicted octanol–water partition coefficient (Wildman–Crippen LogP) is 4.26. The Bertz CT molecular complexity index is 325. The molecule has 0 spiro atoms. The molecule has 1 rings (SSSR count). The standard InChI is InChI=1S/C12H15ClF2/c1-8(13)7-12(2,3)9-4-10(14)6-11(15)5-9/h4-6,8H,7H2,1-3H3. The summed E-state index contributed by atoms with van der Waals surface area (Å²) in [5.74, 6) is -1.08. The highest BCUT2D eigenvalue weighted by Crippen LogP contribution is 2.30. The third-order valence-corrected chi connectivity index (χ3v) is 2.59. The van der Waals surface area contributed by atoms with E-state index in [4.69, 9.17) is 11.6 Å². The summed E-state index contributed by atoms with van der Waals surface area (Å²) in [7, 11) is 0. The molecule has 3 heteroatoms. The van der Waals surface area contributed by atoms with Crippen LogP contribution in [0.15, 0.2) is 18.2 Å². The van der Waals surface area contributed by atoms with Crippen molar-refractivity contribution >= 4 is 11.6 Å². The summed E-state index contributed by atoms with van der Waals surface area (Å²) in [5.41, 5.74) is 0.330. The molecule has 0 saturated carbocycles. The highest BCUT2D eigenvalue weighted by Gasteiger charge is 2.23. The van der Waals surface area contributed by atoms with E-state index in [1.807, 2.05) is 20.8 Å². The second kappa shape index (κ2) is 4.48. The number of benzene rings is 1. The first-order valence-corrected chi connectivity index (χ1v) is 5.35. The summed E-state index contributed by atoms with van der Waals surface area (Å²) in [6.07, 6.45) is 0.678. The van der Waals surface area contributed by atoms with E-state index in [1.54, 1.807) is 0 Å². The van der Waals surface area contributed by atoms with Gasteiger partial charge < -0.3 is 0 Å². The van der Waals surface area contributed by atoms with Gasteiger partial charge >= 0.3 is 0 Å². The van der Waals surface area contributed by atoms with Crippen molar-refractivity contribution in [2.24, 2.45) is 0 Å². The van der Waals surface area contributed by atoms with E-state index >= 15 is 0 Å². The molecule has 0 fully saturated rings. The van der Waals surface area contributed by atoms with Crippen LogP contribution in [0.2, 0.25) is 0 Å². The second-order valence-corrected chi connectivity index (χ2v) is 5.27. The zero-order chi connectivity index (χ0) is 11.6. The quantitative estimate of drug-likeness (QED) is 0.683. The molecule has 15 heavy (non-hydrogen) atoms. The molecule has 84 valence electrons. The van der Waals surface area contributed by atoms with Crippen LogP contribution in [0.4, 0.5) is 8.78 Å². The first-order valence-electron chi connectivity index (χ1n) is 4.92. The Morgan fingerprint density at radius 1 is 1.20 bits per heavy atom. The first kappa shape index (κ1) is 12.4. The van der Waals surface area contributed by atoms with Crippen LogP contribution in [0.5, 0.6) is 0 Å². The minimum Gasteiger partial charge on any atom is -0.207 e. The van der Waals surface area contributed by atoms with Crippen LogP contribution in [-0.2, 0) is 5.41 Å². The molecule has 0 amide bonds. The minimum atomic E-state index is -0.541. The maximum atomic E-state index is 13.0. The van der Waals surface area contributed by atoms with Gasteiger partial charge in [-0.25, -0.2) is 8.78 Å². The molecule has 1 unspecified atom stereocenters. The van der Waals surface area contributed by atoms with Crippen LogP contribution in [0.3, 0.4) is 0 Å². The highest BCUT2D eigenvalue weighted by atomic mass is 35.5. The van der Waals surface area contributed by atoms with Gasteiger partial charge in [-0.05, 0) is 36.5 Å². The molecule has 0 aliphatic carbocycles. The van der Waals surface area contributed by atoms with Crippen LogP contribution in [0.25, 0.3) is 0 Å². The Labute approximate surface area is 94.3 Å². The molecule has 0 heterocycles. The molecule has 0 aliphatic heterocycles. The number of rotatable bonds is 3. The van der Waals surface area contributed by atoms with Crippen molar-refractivity contribution in [2.75, 3.05) is 0 Å².